The number of hydrogen-bond donors (Lipinski definition) is 1. The van der Waals surface area contributed by atoms with Gasteiger partial charge in [0.05, 0.1) is 11.0 Å². The Kier molecular flexibility index (Phi) is 4.91. The molecule has 0 aliphatic carbocycles. The van der Waals surface area contributed by atoms with Gasteiger partial charge in [-0.2, -0.15) is 0 Å². The van der Waals surface area contributed by atoms with Gasteiger partial charge in [0.1, 0.15) is 5.56 Å². The highest BCUT2D eigenvalue weighted by Gasteiger charge is 2.24. The first-order valence-corrected chi connectivity index (χ1v) is 5.81. The molecule has 0 radical (unpaired) electrons. The lowest BCUT2D eigenvalue weighted by atomic mass is 10.1. The Morgan fingerprint density at radius 2 is 2.00 bits per heavy atom. The number of amides is 1. The van der Waals surface area contributed by atoms with E-state index in [1.807, 2.05) is 6.92 Å². The Labute approximate surface area is 108 Å². The molecule has 0 aliphatic heterocycles. The van der Waals surface area contributed by atoms with Crippen LogP contribution < -0.4 is 5.32 Å². The van der Waals surface area contributed by atoms with Crippen LogP contribution in [0, 0.1) is 21.7 Å². The Morgan fingerprint density at radius 3 is 2.53 bits per heavy atom. The monoisotopic (exact) mass is 272 g/mol. The molecule has 0 bridgehead atoms. The quantitative estimate of drug-likeness (QED) is 0.661. The van der Waals surface area contributed by atoms with E-state index in [4.69, 9.17) is 0 Å². The smallest absolute Gasteiger partial charge is 0.285 e. The predicted molar refractivity (Wildman–Crippen MR) is 64.8 cm³/mol. The number of nitrogens with zero attached hydrogens (tertiary/aromatic N) is 1. The van der Waals surface area contributed by atoms with Crippen molar-refractivity contribution in [3.8, 4) is 0 Å². The van der Waals surface area contributed by atoms with Crippen molar-refractivity contribution in [3.63, 3.8) is 0 Å². The van der Waals surface area contributed by atoms with E-state index in [1.165, 1.54) is 0 Å². The lowest BCUT2D eigenvalue weighted by Crippen LogP contribution is -2.32. The maximum atomic E-state index is 13.1. The minimum atomic E-state index is -1.36. The van der Waals surface area contributed by atoms with Gasteiger partial charge in [-0.3, -0.25) is 14.9 Å². The molecule has 0 saturated heterocycles. The Bertz CT molecular complexity index is 506. The molecule has 1 aromatic rings. The maximum absolute atomic E-state index is 13.1. The summed E-state index contributed by atoms with van der Waals surface area (Å²) in [6.07, 6.45) is 1.50. The van der Waals surface area contributed by atoms with Gasteiger partial charge in [-0.05, 0) is 19.4 Å². The van der Waals surface area contributed by atoms with Crippen molar-refractivity contribution in [3.05, 3.63) is 39.4 Å². The number of nitro groups is 1. The molecule has 0 spiro atoms. The van der Waals surface area contributed by atoms with Crippen LogP contribution in [0.5, 0.6) is 0 Å². The second kappa shape index (κ2) is 6.21. The lowest BCUT2D eigenvalue weighted by Gasteiger charge is -2.12. The standard InChI is InChI=1S/C12H14F2N2O3/c1-3-4-7(2)15-12(17)8-5-9(13)10(14)6-11(8)16(18)19/h5-7H,3-4H2,1-2H3,(H,15,17). The molecule has 1 aromatic carbocycles. The van der Waals surface area contributed by atoms with Gasteiger partial charge in [0, 0.05) is 6.04 Å². The largest absolute Gasteiger partial charge is 0.349 e. The fraction of sp³-hybridized carbons (Fsp3) is 0.417. The lowest BCUT2D eigenvalue weighted by molar-refractivity contribution is -0.385. The third-order valence-corrected chi connectivity index (χ3v) is 2.58. The first kappa shape index (κ1) is 15.0. The molecule has 1 N–H and O–H groups in total. The minimum Gasteiger partial charge on any atom is -0.349 e. The SMILES string of the molecule is CCCC(C)NC(=O)c1cc(F)c(F)cc1[N+](=O)[O-]. The number of carbonyl (C=O) groups excluding carboxylic acids is 1. The molecule has 1 rings (SSSR count). The molecule has 5 nitrogen and oxygen atoms in total. The number of rotatable bonds is 5. The normalized spacial score (nSPS) is 12.0. The number of carbonyl (C=O) groups is 1. The maximum Gasteiger partial charge on any atom is 0.285 e. The molecular weight excluding hydrogens is 258 g/mol. The van der Waals surface area contributed by atoms with E-state index in [0.29, 0.717) is 18.6 Å². The minimum absolute atomic E-state index is 0.204. The molecule has 1 amide bonds. The summed E-state index contributed by atoms with van der Waals surface area (Å²) in [6.45, 7) is 3.65. The molecule has 19 heavy (non-hydrogen) atoms. The van der Waals surface area contributed by atoms with E-state index in [0.717, 1.165) is 6.42 Å². The van der Waals surface area contributed by atoms with Crippen molar-refractivity contribution in [2.45, 2.75) is 32.7 Å². The number of benzene rings is 1. The molecule has 104 valence electrons. The second-order valence-electron chi connectivity index (χ2n) is 4.20. The van der Waals surface area contributed by atoms with Crippen LogP contribution in [0.2, 0.25) is 0 Å². The zero-order valence-electron chi connectivity index (χ0n) is 10.6. The van der Waals surface area contributed by atoms with Crippen LogP contribution >= 0.6 is 0 Å². The van der Waals surface area contributed by atoms with E-state index >= 15 is 0 Å². The van der Waals surface area contributed by atoms with Crippen LogP contribution in [-0.2, 0) is 0 Å². The van der Waals surface area contributed by atoms with Crippen LogP contribution in [0.3, 0.4) is 0 Å². The summed E-state index contributed by atoms with van der Waals surface area (Å²) < 4.78 is 26.0. The third-order valence-electron chi connectivity index (χ3n) is 2.58. The van der Waals surface area contributed by atoms with E-state index in [2.05, 4.69) is 5.32 Å². The van der Waals surface area contributed by atoms with Crippen molar-refractivity contribution in [2.24, 2.45) is 0 Å². The van der Waals surface area contributed by atoms with Crippen molar-refractivity contribution in [1.82, 2.24) is 5.32 Å². The zero-order valence-corrected chi connectivity index (χ0v) is 10.6. The van der Waals surface area contributed by atoms with E-state index in [1.54, 1.807) is 6.92 Å². The molecule has 0 aliphatic rings. The highest BCUT2D eigenvalue weighted by Crippen LogP contribution is 2.22. The van der Waals surface area contributed by atoms with Gasteiger partial charge in [-0.15, -0.1) is 0 Å². The molecule has 0 saturated carbocycles. The molecular formula is C12H14F2N2O3. The average molecular weight is 272 g/mol. The Morgan fingerprint density at radius 1 is 1.42 bits per heavy atom. The zero-order chi connectivity index (χ0) is 14.6. The highest BCUT2D eigenvalue weighted by atomic mass is 19.2. The Balaban J connectivity index is 3.08. The second-order valence-corrected chi connectivity index (χ2v) is 4.20. The van der Waals surface area contributed by atoms with Crippen LogP contribution in [0.1, 0.15) is 37.0 Å². The van der Waals surface area contributed by atoms with Crippen LogP contribution in [0.25, 0.3) is 0 Å². The number of halogens is 2. The fourth-order valence-corrected chi connectivity index (χ4v) is 1.68. The average Bonchev–Trinajstić information content (AvgIpc) is 2.31. The summed E-state index contributed by atoms with van der Waals surface area (Å²) in [4.78, 5) is 21.6. The van der Waals surface area contributed by atoms with Gasteiger partial charge in [0.15, 0.2) is 11.6 Å². The summed E-state index contributed by atoms with van der Waals surface area (Å²) in [5.41, 5.74) is -1.23. The van der Waals surface area contributed by atoms with Gasteiger partial charge in [-0.1, -0.05) is 13.3 Å². The molecule has 0 aromatic heterocycles. The van der Waals surface area contributed by atoms with Crippen molar-refractivity contribution >= 4 is 11.6 Å². The molecule has 1 unspecified atom stereocenters. The first-order chi connectivity index (χ1) is 8.86. The summed E-state index contributed by atoms with van der Waals surface area (Å²) in [7, 11) is 0. The molecule has 1 atom stereocenters. The third kappa shape index (κ3) is 3.70. The fourth-order valence-electron chi connectivity index (χ4n) is 1.68. The van der Waals surface area contributed by atoms with Crippen molar-refractivity contribution in [1.29, 1.82) is 0 Å². The first-order valence-electron chi connectivity index (χ1n) is 5.81. The molecule has 0 fully saturated rings. The molecule has 7 heteroatoms. The van der Waals surface area contributed by atoms with Gasteiger partial charge in [0.25, 0.3) is 11.6 Å². The van der Waals surface area contributed by atoms with Gasteiger partial charge < -0.3 is 5.32 Å². The number of nitrogens with one attached hydrogen (secondary N) is 1. The van der Waals surface area contributed by atoms with Gasteiger partial charge >= 0.3 is 0 Å². The summed E-state index contributed by atoms with van der Waals surface area (Å²) in [5, 5.41) is 13.2. The van der Waals surface area contributed by atoms with Gasteiger partial charge in [-0.25, -0.2) is 8.78 Å². The number of nitro benzene ring substituents is 1. The summed E-state index contributed by atoms with van der Waals surface area (Å²) in [5.74, 6) is -3.43. The predicted octanol–water partition coefficient (Wildman–Crippen LogP) is 2.79. The summed E-state index contributed by atoms with van der Waals surface area (Å²) in [6, 6.07) is 0.751. The topological polar surface area (TPSA) is 72.2 Å². The van der Waals surface area contributed by atoms with Crippen LogP contribution in [0.4, 0.5) is 14.5 Å². The van der Waals surface area contributed by atoms with Crippen LogP contribution in [-0.4, -0.2) is 16.9 Å². The van der Waals surface area contributed by atoms with E-state index < -0.39 is 33.7 Å². The van der Waals surface area contributed by atoms with Crippen molar-refractivity contribution in [2.75, 3.05) is 0 Å². The Hall–Kier alpha value is -2.05. The van der Waals surface area contributed by atoms with Gasteiger partial charge in [0.2, 0.25) is 0 Å². The van der Waals surface area contributed by atoms with E-state index in [-0.39, 0.29) is 6.04 Å². The van der Waals surface area contributed by atoms with Crippen LogP contribution in [0.15, 0.2) is 12.1 Å². The number of hydrogen-bond acceptors (Lipinski definition) is 3. The van der Waals surface area contributed by atoms with Crippen molar-refractivity contribution < 1.29 is 18.5 Å². The summed E-state index contributed by atoms with van der Waals surface area (Å²) >= 11 is 0. The highest BCUT2D eigenvalue weighted by molar-refractivity contribution is 5.98. The van der Waals surface area contributed by atoms with E-state index in [9.17, 15) is 23.7 Å². The molecule has 0 heterocycles.